The van der Waals surface area contributed by atoms with Crippen molar-refractivity contribution in [2.45, 2.75) is 61.4 Å². The van der Waals surface area contributed by atoms with E-state index in [9.17, 15) is 4.21 Å². The quantitative estimate of drug-likeness (QED) is 0.645. The molecular formula is C24H28O2S. The second kappa shape index (κ2) is 7.73. The Morgan fingerprint density at radius 2 is 1.70 bits per heavy atom. The minimum atomic E-state index is -0.992. The van der Waals surface area contributed by atoms with Crippen LogP contribution in [0.3, 0.4) is 0 Å². The molecule has 2 aromatic rings. The van der Waals surface area contributed by atoms with Crippen molar-refractivity contribution >= 4 is 16.9 Å². The third kappa shape index (κ3) is 3.68. The van der Waals surface area contributed by atoms with Crippen molar-refractivity contribution < 1.29 is 8.95 Å². The summed E-state index contributed by atoms with van der Waals surface area (Å²) in [6.07, 6.45) is 6.58. The van der Waals surface area contributed by atoms with Gasteiger partial charge in [-0.25, -0.2) is 0 Å². The first-order chi connectivity index (χ1) is 13.1. The molecule has 142 valence electrons. The van der Waals surface area contributed by atoms with Crippen LogP contribution in [-0.2, 0) is 15.5 Å². The molecule has 1 unspecified atom stereocenters. The maximum absolute atomic E-state index is 13.3. The lowest BCUT2D eigenvalue weighted by Gasteiger charge is -2.28. The van der Waals surface area contributed by atoms with Crippen LogP contribution in [0.4, 0.5) is 0 Å². The number of rotatable bonds is 4. The molecule has 4 atom stereocenters. The first kappa shape index (κ1) is 18.6. The van der Waals surface area contributed by atoms with Gasteiger partial charge in [-0.2, -0.15) is 0 Å². The highest BCUT2D eigenvalue weighted by molar-refractivity contribution is 7.85. The summed E-state index contributed by atoms with van der Waals surface area (Å²) in [5, 5.41) is 0.142. The van der Waals surface area contributed by atoms with Gasteiger partial charge >= 0.3 is 0 Å². The van der Waals surface area contributed by atoms with E-state index in [2.05, 4.69) is 44.2 Å². The van der Waals surface area contributed by atoms with E-state index < -0.39 is 10.8 Å². The second-order valence-corrected chi connectivity index (χ2v) is 9.73. The summed E-state index contributed by atoms with van der Waals surface area (Å²) in [6, 6.07) is 20.4. The van der Waals surface area contributed by atoms with Crippen LogP contribution in [0.2, 0.25) is 0 Å². The van der Waals surface area contributed by atoms with Gasteiger partial charge in [0.05, 0.1) is 16.9 Å². The Morgan fingerprint density at radius 1 is 1.04 bits per heavy atom. The third-order valence-electron chi connectivity index (χ3n) is 5.98. The highest BCUT2D eigenvalue weighted by Gasteiger charge is 2.60. The minimum Gasteiger partial charge on any atom is -0.361 e. The van der Waals surface area contributed by atoms with Crippen LogP contribution in [0, 0.1) is 5.92 Å². The van der Waals surface area contributed by atoms with Gasteiger partial charge in [0.15, 0.2) is 0 Å². The molecule has 0 bridgehead atoms. The fraction of sp³-hybridized carbons (Fsp3) is 0.417. The molecular weight excluding hydrogens is 352 g/mol. The van der Waals surface area contributed by atoms with Crippen LogP contribution in [0.15, 0.2) is 71.1 Å². The number of benzene rings is 2. The molecule has 0 aromatic heterocycles. The standard InChI is InChI=1S/C24H28O2S/c1-18(2)24-20(16-19-10-5-3-6-11-19)17-22(14-9-15-23(24)26-24)27(25)21-12-7-4-8-13-21/h3-8,10-13,16,18,22-23H,9,14-15,17H2,1-2H3/b20-16+/t22-,23-,24+,27?/m1/s1. The summed E-state index contributed by atoms with van der Waals surface area (Å²) in [5.41, 5.74) is 2.35. The van der Waals surface area contributed by atoms with Gasteiger partial charge < -0.3 is 4.74 Å². The highest BCUT2D eigenvalue weighted by atomic mass is 32.2. The van der Waals surface area contributed by atoms with E-state index >= 15 is 0 Å². The Labute approximate surface area is 165 Å². The summed E-state index contributed by atoms with van der Waals surface area (Å²) in [5.74, 6) is 0.418. The molecule has 0 radical (unpaired) electrons. The number of hydrogen-bond acceptors (Lipinski definition) is 2. The lowest BCUT2D eigenvalue weighted by atomic mass is 9.78. The third-order valence-corrected chi connectivity index (χ3v) is 7.72. The summed E-state index contributed by atoms with van der Waals surface area (Å²) in [6.45, 7) is 4.51. The lowest BCUT2D eigenvalue weighted by Crippen LogP contribution is -2.31. The molecule has 2 nitrogen and oxygen atoms in total. The zero-order chi connectivity index (χ0) is 18.9. The molecule has 1 saturated heterocycles. The van der Waals surface area contributed by atoms with Crippen molar-refractivity contribution in [3.8, 4) is 0 Å². The van der Waals surface area contributed by atoms with Crippen molar-refractivity contribution in [2.75, 3.05) is 0 Å². The molecule has 1 aliphatic carbocycles. The van der Waals surface area contributed by atoms with Gasteiger partial charge in [-0.15, -0.1) is 0 Å². The molecule has 1 aliphatic heterocycles. The minimum absolute atomic E-state index is 0.142. The van der Waals surface area contributed by atoms with Gasteiger partial charge in [0.2, 0.25) is 0 Å². The first-order valence-corrected chi connectivity index (χ1v) is 11.2. The molecule has 0 spiro atoms. The van der Waals surface area contributed by atoms with E-state index in [-0.39, 0.29) is 10.9 Å². The largest absolute Gasteiger partial charge is 0.361 e. The Balaban J connectivity index is 1.69. The van der Waals surface area contributed by atoms with Gasteiger partial charge in [0, 0.05) is 10.1 Å². The van der Waals surface area contributed by atoms with Crippen molar-refractivity contribution in [1.82, 2.24) is 0 Å². The Kier molecular flexibility index (Phi) is 5.34. The van der Waals surface area contributed by atoms with Crippen molar-refractivity contribution in [3.63, 3.8) is 0 Å². The van der Waals surface area contributed by atoms with Crippen LogP contribution in [0.5, 0.6) is 0 Å². The fourth-order valence-electron chi connectivity index (χ4n) is 4.53. The number of fused-ring (bicyclic) bond motifs is 1. The maximum Gasteiger partial charge on any atom is 0.118 e. The summed E-state index contributed by atoms with van der Waals surface area (Å²) < 4.78 is 19.6. The van der Waals surface area contributed by atoms with Crippen molar-refractivity contribution in [3.05, 3.63) is 71.8 Å². The van der Waals surface area contributed by atoms with Gasteiger partial charge in [-0.3, -0.25) is 4.21 Å². The van der Waals surface area contributed by atoms with E-state index in [0.717, 1.165) is 30.6 Å². The SMILES string of the molecule is CC(C)[C@@]12O[C@@H]1CCC[C@@H](S(=O)c1ccccc1)C/C2=C\c1ccccc1. The van der Waals surface area contributed by atoms with Crippen LogP contribution in [0.25, 0.3) is 6.08 Å². The lowest BCUT2D eigenvalue weighted by molar-refractivity contribution is 0.266. The topological polar surface area (TPSA) is 29.6 Å². The molecule has 2 aromatic carbocycles. The van der Waals surface area contributed by atoms with Crippen molar-refractivity contribution in [1.29, 1.82) is 0 Å². The van der Waals surface area contributed by atoms with E-state index in [1.54, 1.807) is 0 Å². The smallest absolute Gasteiger partial charge is 0.118 e. The van der Waals surface area contributed by atoms with E-state index in [4.69, 9.17) is 4.74 Å². The fourth-order valence-corrected chi connectivity index (χ4v) is 6.05. The molecule has 2 fully saturated rings. The zero-order valence-electron chi connectivity index (χ0n) is 16.1. The van der Waals surface area contributed by atoms with Gasteiger partial charge in [-0.05, 0) is 54.9 Å². The van der Waals surface area contributed by atoms with E-state index in [1.165, 1.54) is 11.1 Å². The molecule has 0 N–H and O–H groups in total. The molecule has 2 aliphatic rings. The second-order valence-electron chi connectivity index (χ2n) is 8.00. The number of epoxide rings is 1. The molecule has 0 amide bonds. The van der Waals surface area contributed by atoms with Crippen molar-refractivity contribution in [2.24, 2.45) is 5.92 Å². The molecule has 1 heterocycles. The molecule has 4 rings (SSSR count). The normalized spacial score (nSPS) is 30.4. The maximum atomic E-state index is 13.3. The van der Waals surface area contributed by atoms with Crippen LogP contribution in [-0.4, -0.2) is 21.2 Å². The van der Waals surface area contributed by atoms with Crippen LogP contribution < -0.4 is 0 Å². The molecule has 1 saturated carbocycles. The number of ether oxygens (including phenoxy) is 1. The average Bonchev–Trinajstić information content (AvgIpc) is 3.41. The molecule has 27 heavy (non-hydrogen) atoms. The molecule has 3 heteroatoms. The van der Waals surface area contributed by atoms with Gasteiger partial charge in [-0.1, -0.05) is 68.5 Å². The van der Waals surface area contributed by atoms with Crippen LogP contribution >= 0.6 is 0 Å². The first-order valence-electron chi connectivity index (χ1n) is 10.0. The average molecular weight is 381 g/mol. The van der Waals surface area contributed by atoms with E-state index in [1.807, 2.05) is 36.4 Å². The summed E-state index contributed by atoms with van der Waals surface area (Å²) in [4.78, 5) is 0.939. The summed E-state index contributed by atoms with van der Waals surface area (Å²) in [7, 11) is -0.992. The summed E-state index contributed by atoms with van der Waals surface area (Å²) >= 11 is 0. The number of hydrogen-bond donors (Lipinski definition) is 0. The predicted molar refractivity (Wildman–Crippen MR) is 112 cm³/mol. The monoisotopic (exact) mass is 380 g/mol. The predicted octanol–water partition coefficient (Wildman–Crippen LogP) is 5.61. The van der Waals surface area contributed by atoms with E-state index in [0.29, 0.717) is 12.0 Å². The Hall–Kier alpha value is -1.71. The van der Waals surface area contributed by atoms with Gasteiger partial charge in [0.25, 0.3) is 0 Å². The Morgan fingerprint density at radius 3 is 2.37 bits per heavy atom. The Bertz CT molecular complexity index is 828. The van der Waals surface area contributed by atoms with Crippen LogP contribution in [0.1, 0.15) is 45.1 Å². The zero-order valence-corrected chi connectivity index (χ0v) is 17.0. The highest BCUT2D eigenvalue weighted by Crippen LogP contribution is 2.54. The van der Waals surface area contributed by atoms with Gasteiger partial charge in [0.1, 0.15) is 5.60 Å².